The van der Waals surface area contributed by atoms with Gasteiger partial charge in [0.25, 0.3) is 0 Å². The number of carbonyl (C=O) groups is 5. The molecule has 0 aromatic heterocycles. The quantitative estimate of drug-likeness (QED) is 0.433. The first-order valence-corrected chi connectivity index (χ1v) is 8.68. The summed E-state index contributed by atoms with van der Waals surface area (Å²) in [6.45, 7) is -0.703. The Bertz CT molecular complexity index is 1030. The van der Waals surface area contributed by atoms with E-state index in [0.29, 0.717) is 15.5 Å². The Morgan fingerprint density at radius 1 is 0.933 bits per heavy atom. The van der Waals surface area contributed by atoms with Crippen LogP contribution in [-0.2, 0) is 19.1 Å². The molecule has 10 heteroatoms. The highest BCUT2D eigenvalue weighted by atomic mass is 16.5. The second-order valence-electron chi connectivity index (χ2n) is 6.10. The van der Waals surface area contributed by atoms with Gasteiger partial charge in [-0.15, -0.1) is 0 Å². The number of amides is 5. The van der Waals surface area contributed by atoms with E-state index in [-0.39, 0.29) is 16.9 Å². The van der Waals surface area contributed by atoms with Crippen molar-refractivity contribution < 1.29 is 33.4 Å². The molecule has 0 unspecified atom stereocenters. The van der Waals surface area contributed by atoms with Crippen LogP contribution in [-0.4, -0.2) is 55.4 Å². The summed E-state index contributed by atoms with van der Waals surface area (Å²) < 4.78 is 9.67. The molecule has 2 aromatic rings. The molecule has 5 amide bonds. The van der Waals surface area contributed by atoms with E-state index in [0.717, 1.165) is 0 Å². The molecule has 1 fully saturated rings. The van der Waals surface area contributed by atoms with Gasteiger partial charge in [-0.1, -0.05) is 12.1 Å². The number of anilines is 2. The number of esters is 1. The van der Waals surface area contributed by atoms with Gasteiger partial charge in [0, 0.05) is 0 Å². The summed E-state index contributed by atoms with van der Waals surface area (Å²) in [7, 11) is 2.66. The number of urea groups is 1. The van der Waals surface area contributed by atoms with Crippen molar-refractivity contribution in [1.29, 1.82) is 0 Å². The van der Waals surface area contributed by atoms with E-state index >= 15 is 0 Å². The third kappa shape index (κ3) is 3.83. The summed E-state index contributed by atoms with van der Waals surface area (Å²) >= 11 is 0. The molecule has 1 saturated heterocycles. The first-order valence-electron chi connectivity index (χ1n) is 8.68. The number of nitrogens with one attached hydrogen (secondary N) is 1. The fourth-order valence-corrected chi connectivity index (χ4v) is 2.82. The van der Waals surface area contributed by atoms with Gasteiger partial charge in [0.15, 0.2) is 0 Å². The van der Waals surface area contributed by atoms with Crippen molar-refractivity contribution in [1.82, 2.24) is 4.90 Å². The van der Waals surface area contributed by atoms with Gasteiger partial charge in [0.1, 0.15) is 12.3 Å². The van der Waals surface area contributed by atoms with Crippen LogP contribution in [0.1, 0.15) is 10.4 Å². The molecule has 30 heavy (non-hydrogen) atoms. The molecule has 0 bridgehead atoms. The highest BCUT2D eigenvalue weighted by Crippen LogP contribution is 2.25. The first kappa shape index (κ1) is 20.5. The van der Waals surface area contributed by atoms with Crippen LogP contribution in [0.25, 0.3) is 0 Å². The lowest BCUT2D eigenvalue weighted by Gasteiger charge is -2.16. The Balaban J connectivity index is 1.76. The molecule has 0 aliphatic carbocycles. The average molecular weight is 411 g/mol. The molecule has 1 aliphatic heterocycles. The molecule has 2 aromatic carbocycles. The van der Waals surface area contributed by atoms with Crippen molar-refractivity contribution in [3.8, 4) is 5.75 Å². The standard InChI is InChI=1S/C20H17N3O7/c1-29-13-9-7-12(8-10-13)23-18(26)17(25)22(20(23)28)11-16(24)21-15-6-4-3-5-14(15)19(27)30-2/h3-10H,11H2,1-2H3,(H,21,24). The van der Waals surface area contributed by atoms with Crippen LogP contribution in [0.3, 0.4) is 0 Å². The van der Waals surface area contributed by atoms with Crippen molar-refractivity contribution in [3.05, 3.63) is 54.1 Å². The molecular weight excluding hydrogens is 394 g/mol. The number of rotatable bonds is 6. The molecule has 154 valence electrons. The fourth-order valence-electron chi connectivity index (χ4n) is 2.82. The molecule has 1 N–H and O–H groups in total. The summed E-state index contributed by atoms with van der Waals surface area (Å²) in [5, 5.41) is 2.45. The molecule has 10 nitrogen and oxygen atoms in total. The largest absolute Gasteiger partial charge is 0.497 e. The maximum absolute atomic E-state index is 12.6. The van der Waals surface area contributed by atoms with Crippen LogP contribution in [0.5, 0.6) is 5.75 Å². The maximum Gasteiger partial charge on any atom is 0.339 e. The van der Waals surface area contributed by atoms with E-state index in [1.54, 1.807) is 12.1 Å². The molecule has 3 rings (SSSR count). The Morgan fingerprint density at radius 3 is 2.23 bits per heavy atom. The van der Waals surface area contributed by atoms with Crippen molar-refractivity contribution in [2.75, 3.05) is 31.0 Å². The SMILES string of the molecule is COC(=O)c1ccccc1NC(=O)CN1C(=O)C(=O)N(c2ccc(OC)cc2)C1=O. The van der Waals surface area contributed by atoms with Crippen molar-refractivity contribution >= 4 is 41.1 Å². The van der Waals surface area contributed by atoms with Crippen LogP contribution in [0, 0.1) is 0 Å². The average Bonchev–Trinajstić information content (AvgIpc) is 2.96. The molecule has 0 atom stereocenters. The van der Waals surface area contributed by atoms with E-state index in [1.807, 2.05) is 0 Å². The zero-order valence-electron chi connectivity index (χ0n) is 16.1. The number of para-hydroxylation sites is 1. The highest BCUT2D eigenvalue weighted by Gasteiger charge is 2.46. The van der Waals surface area contributed by atoms with Crippen LogP contribution >= 0.6 is 0 Å². The highest BCUT2D eigenvalue weighted by molar-refractivity contribution is 6.53. The van der Waals surface area contributed by atoms with Gasteiger partial charge >= 0.3 is 23.8 Å². The van der Waals surface area contributed by atoms with Gasteiger partial charge in [0.05, 0.1) is 31.2 Å². The van der Waals surface area contributed by atoms with E-state index in [2.05, 4.69) is 10.1 Å². The van der Waals surface area contributed by atoms with Crippen LogP contribution < -0.4 is 15.0 Å². The van der Waals surface area contributed by atoms with Crippen LogP contribution in [0.15, 0.2) is 48.5 Å². The van der Waals surface area contributed by atoms with Gasteiger partial charge in [-0.05, 0) is 36.4 Å². The number of hydrogen-bond acceptors (Lipinski definition) is 7. The Hall–Kier alpha value is -4.21. The lowest BCUT2D eigenvalue weighted by Crippen LogP contribution is -2.39. The van der Waals surface area contributed by atoms with E-state index < -0.39 is 36.3 Å². The number of hydrogen-bond donors (Lipinski definition) is 1. The summed E-state index contributed by atoms with van der Waals surface area (Å²) in [5.41, 5.74) is 0.410. The predicted octanol–water partition coefficient (Wildman–Crippen LogP) is 1.42. The topological polar surface area (TPSA) is 122 Å². The minimum absolute atomic E-state index is 0.100. The summed E-state index contributed by atoms with van der Waals surface area (Å²) in [5.74, 6) is -3.14. The van der Waals surface area contributed by atoms with Crippen molar-refractivity contribution in [2.24, 2.45) is 0 Å². The van der Waals surface area contributed by atoms with E-state index in [1.165, 1.54) is 50.6 Å². The van der Waals surface area contributed by atoms with E-state index in [4.69, 9.17) is 4.74 Å². The van der Waals surface area contributed by atoms with Gasteiger partial charge in [-0.25, -0.2) is 19.4 Å². The van der Waals surface area contributed by atoms with Gasteiger partial charge in [-0.3, -0.25) is 14.4 Å². The summed E-state index contributed by atoms with van der Waals surface area (Å²) in [6.07, 6.45) is 0. The third-order valence-electron chi connectivity index (χ3n) is 4.29. The lowest BCUT2D eigenvalue weighted by atomic mass is 10.2. The predicted molar refractivity (Wildman–Crippen MR) is 104 cm³/mol. The second-order valence-corrected chi connectivity index (χ2v) is 6.10. The molecule has 1 heterocycles. The summed E-state index contributed by atoms with van der Waals surface area (Å²) in [4.78, 5) is 62.6. The Kier molecular flexibility index (Phi) is 5.77. The fraction of sp³-hybridized carbons (Fsp3) is 0.150. The third-order valence-corrected chi connectivity index (χ3v) is 4.29. The van der Waals surface area contributed by atoms with Crippen LogP contribution in [0.2, 0.25) is 0 Å². The Labute approximate surface area is 171 Å². The second kappa shape index (κ2) is 8.43. The van der Waals surface area contributed by atoms with Crippen LogP contribution in [0.4, 0.5) is 16.2 Å². The minimum atomic E-state index is -1.13. The zero-order chi connectivity index (χ0) is 21.8. The monoisotopic (exact) mass is 411 g/mol. The lowest BCUT2D eigenvalue weighted by molar-refractivity contribution is -0.140. The van der Waals surface area contributed by atoms with Gasteiger partial charge in [-0.2, -0.15) is 0 Å². The number of methoxy groups -OCH3 is 2. The van der Waals surface area contributed by atoms with Gasteiger partial charge < -0.3 is 14.8 Å². The van der Waals surface area contributed by atoms with Gasteiger partial charge in [0.2, 0.25) is 5.91 Å². The molecule has 1 aliphatic rings. The molecule has 0 saturated carbocycles. The normalized spacial score (nSPS) is 13.5. The van der Waals surface area contributed by atoms with E-state index in [9.17, 15) is 24.0 Å². The minimum Gasteiger partial charge on any atom is -0.497 e. The number of imide groups is 2. The molecule has 0 spiro atoms. The smallest absolute Gasteiger partial charge is 0.339 e. The van der Waals surface area contributed by atoms with Crippen molar-refractivity contribution in [3.63, 3.8) is 0 Å². The zero-order valence-corrected chi connectivity index (χ0v) is 16.1. The number of carbonyl (C=O) groups excluding carboxylic acids is 5. The Morgan fingerprint density at radius 2 is 1.60 bits per heavy atom. The molecule has 0 radical (unpaired) electrons. The number of nitrogens with zero attached hydrogens (tertiary/aromatic N) is 2. The number of benzene rings is 2. The van der Waals surface area contributed by atoms with Crippen molar-refractivity contribution in [2.45, 2.75) is 0 Å². The molecular formula is C20H17N3O7. The first-order chi connectivity index (χ1) is 14.4. The number of ether oxygens (including phenoxy) is 2. The maximum atomic E-state index is 12.6. The summed E-state index contributed by atoms with van der Waals surface area (Å²) in [6, 6.07) is 11.1.